The Balaban J connectivity index is 1.85. The predicted molar refractivity (Wildman–Crippen MR) is 70.7 cm³/mol. The van der Waals surface area contributed by atoms with Crippen LogP contribution in [-0.2, 0) is 11.3 Å². The van der Waals surface area contributed by atoms with E-state index in [1.54, 1.807) is 6.33 Å². The van der Waals surface area contributed by atoms with Crippen molar-refractivity contribution in [2.45, 2.75) is 45.7 Å². The quantitative estimate of drug-likeness (QED) is 0.875. The van der Waals surface area contributed by atoms with E-state index < -0.39 is 5.97 Å². The van der Waals surface area contributed by atoms with Gasteiger partial charge >= 0.3 is 5.97 Å². The highest BCUT2D eigenvalue weighted by Crippen LogP contribution is 2.21. The number of rotatable bonds is 5. The standard InChI is InChI=1S/C13H22N4O2/c1-10(2)17-12(14-9-15-17)8-16-5-3-11(4-6-16)7-13(18)19/h9-11H,3-8H2,1-2H3,(H,18,19). The van der Waals surface area contributed by atoms with Gasteiger partial charge in [-0.05, 0) is 45.7 Å². The van der Waals surface area contributed by atoms with Crippen LogP contribution in [0.2, 0.25) is 0 Å². The van der Waals surface area contributed by atoms with Crippen LogP contribution in [0.4, 0.5) is 0 Å². The molecule has 1 aliphatic rings. The van der Waals surface area contributed by atoms with Gasteiger partial charge in [0.15, 0.2) is 0 Å². The first kappa shape index (κ1) is 14.0. The van der Waals surface area contributed by atoms with Crippen LogP contribution >= 0.6 is 0 Å². The summed E-state index contributed by atoms with van der Waals surface area (Å²) in [5, 5.41) is 13.0. The van der Waals surface area contributed by atoms with Crippen LogP contribution in [-0.4, -0.2) is 43.8 Å². The smallest absolute Gasteiger partial charge is 0.303 e. The maximum absolute atomic E-state index is 10.7. The molecule has 0 saturated carbocycles. The number of piperidine rings is 1. The number of aromatic nitrogens is 3. The van der Waals surface area contributed by atoms with Crippen LogP contribution in [0.15, 0.2) is 6.33 Å². The fourth-order valence-corrected chi connectivity index (χ4v) is 2.61. The number of aliphatic carboxylic acids is 1. The highest BCUT2D eigenvalue weighted by molar-refractivity contribution is 5.67. The van der Waals surface area contributed by atoms with Crippen molar-refractivity contribution in [1.82, 2.24) is 19.7 Å². The molecular formula is C13H22N4O2. The van der Waals surface area contributed by atoms with Crippen LogP contribution in [0.3, 0.4) is 0 Å². The molecule has 0 aromatic carbocycles. The van der Waals surface area contributed by atoms with Gasteiger partial charge in [-0.25, -0.2) is 9.67 Å². The molecule has 6 nitrogen and oxygen atoms in total. The summed E-state index contributed by atoms with van der Waals surface area (Å²) in [6.07, 6.45) is 3.83. The third-order valence-electron chi connectivity index (χ3n) is 3.67. The maximum Gasteiger partial charge on any atom is 0.303 e. The zero-order valence-corrected chi connectivity index (χ0v) is 11.6. The summed E-state index contributed by atoms with van der Waals surface area (Å²) in [5.41, 5.74) is 0. The number of likely N-dealkylation sites (tertiary alicyclic amines) is 1. The van der Waals surface area contributed by atoms with E-state index in [0.29, 0.717) is 18.4 Å². The van der Waals surface area contributed by atoms with Crippen molar-refractivity contribution in [3.8, 4) is 0 Å². The zero-order chi connectivity index (χ0) is 13.8. The summed E-state index contributed by atoms with van der Waals surface area (Å²) in [6.45, 7) is 6.89. The average Bonchev–Trinajstić information content (AvgIpc) is 2.79. The van der Waals surface area contributed by atoms with Crippen LogP contribution in [0.1, 0.15) is 45.0 Å². The summed E-state index contributed by atoms with van der Waals surface area (Å²) in [5.74, 6) is 0.640. The van der Waals surface area contributed by atoms with Gasteiger partial charge in [0.25, 0.3) is 0 Å². The van der Waals surface area contributed by atoms with E-state index in [2.05, 4.69) is 28.8 Å². The van der Waals surface area contributed by atoms with Gasteiger partial charge in [-0.1, -0.05) is 0 Å². The molecule has 0 radical (unpaired) electrons. The van der Waals surface area contributed by atoms with Gasteiger partial charge in [-0.2, -0.15) is 5.10 Å². The van der Waals surface area contributed by atoms with Crippen molar-refractivity contribution in [3.63, 3.8) is 0 Å². The molecule has 0 amide bonds. The van der Waals surface area contributed by atoms with Crippen molar-refractivity contribution < 1.29 is 9.90 Å². The van der Waals surface area contributed by atoms with Crippen LogP contribution in [0, 0.1) is 5.92 Å². The Kier molecular flexibility index (Phi) is 4.52. The summed E-state index contributed by atoms with van der Waals surface area (Å²) in [6, 6.07) is 0.321. The van der Waals surface area contributed by atoms with E-state index in [4.69, 9.17) is 5.11 Å². The lowest BCUT2D eigenvalue weighted by molar-refractivity contribution is -0.138. The minimum absolute atomic E-state index is 0.302. The van der Waals surface area contributed by atoms with Crippen molar-refractivity contribution in [2.24, 2.45) is 5.92 Å². The lowest BCUT2D eigenvalue weighted by atomic mass is 9.94. The second-order valence-electron chi connectivity index (χ2n) is 5.53. The second kappa shape index (κ2) is 6.14. The number of carbonyl (C=O) groups is 1. The molecule has 0 spiro atoms. The molecule has 0 aliphatic carbocycles. The number of carboxylic acid groups (broad SMARTS) is 1. The molecule has 1 aromatic rings. The molecular weight excluding hydrogens is 244 g/mol. The maximum atomic E-state index is 10.7. The number of carboxylic acids is 1. The molecule has 1 aliphatic heterocycles. The first-order valence-corrected chi connectivity index (χ1v) is 6.88. The van der Waals surface area contributed by atoms with Crippen LogP contribution in [0.25, 0.3) is 0 Å². The molecule has 106 valence electrons. The Morgan fingerprint density at radius 2 is 2.16 bits per heavy atom. The molecule has 19 heavy (non-hydrogen) atoms. The van der Waals surface area contributed by atoms with Crippen molar-refractivity contribution in [3.05, 3.63) is 12.2 Å². The normalized spacial score (nSPS) is 18.1. The van der Waals surface area contributed by atoms with Gasteiger partial charge in [-0.3, -0.25) is 9.69 Å². The molecule has 1 N–H and O–H groups in total. The Morgan fingerprint density at radius 1 is 1.47 bits per heavy atom. The molecule has 1 aromatic heterocycles. The highest BCUT2D eigenvalue weighted by atomic mass is 16.4. The monoisotopic (exact) mass is 266 g/mol. The topological polar surface area (TPSA) is 71.2 Å². The summed E-state index contributed by atoms with van der Waals surface area (Å²) in [4.78, 5) is 17.3. The van der Waals surface area contributed by atoms with Gasteiger partial charge < -0.3 is 5.11 Å². The zero-order valence-electron chi connectivity index (χ0n) is 11.6. The van der Waals surface area contributed by atoms with Crippen molar-refractivity contribution in [2.75, 3.05) is 13.1 Å². The second-order valence-corrected chi connectivity index (χ2v) is 5.53. The van der Waals surface area contributed by atoms with E-state index in [1.165, 1.54) is 0 Å². The fourth-order valence-electron chi connectivity index (χ4n) is 2.61. The van der Waals surface area contributed by atoms with Crippen molar-refractivity contribution in [1.29, 1.82) is 0 Å². The summed E-state index contributed by atoms with van der Waals surface area (Å²) >= 11 is 0. The molecule has 2 rings (SSSR count). The Bertz CT molecular complexity index is 422. The van der Waals surface area contributed by atoms with E-state index in [0.717, 1.165) is 38.3 Å². The van der Waals surface area contributed by atoms with Crippen molar-refractivity contribution >= 4 is 5.97 Å². The highest BCUT2D eigenvalue weighted by Gasteiger charge is 2.22. The molecule has 1 fully saturated rings. The van der Waals surface area contributed by atoms with Gasteiger partial charge in [-0.15, -0.1) is 0 Å². The number of hydrogen-bond acceptors (Lipinski definition) is 4. The number of hydrogen-bond donors (Lipinski definition) is 1. The molecule has 0 unspecified atom stereocenters. The lowest BCUT2D eigenvalue weighted by Crippen LogP contribution is -2.34. The Morgan fingerprint density at radius 3 is 2.74 bits per heavy atom. The van der Waals surface area contributed by atoms with E-state index >= 15 is 0 Å². The molecule has 1 saturated heterocycles. The molecule has 0 bridgehead atoms. The first-order valence-electron chi connectivity index (χ1n) is 6.88. The van der Waals surface area contributed by atoms with E-state index in [9.17, 15) is 4.79 Å². The minimum Gasteiger partial charge on any atom is -0.481 e. The summed E-state index contributed by atoms with van der Waals surface area (Å²) in [7, 11) is 0. The Hall–Kier alpha value is -1.43. The number of nitrogens with zero attached hydrogens (tertiary/aromatic N) is 4. The van der Waals surface area contributed by atoms with Gasteiger partial charge in [0.2, 0.25) is 0 Å². The average molecular weight is 266 g/mol. The predicted octanol–water partition coefficient (Wildman–Crippen LogP) is 1.55. The SMILES string of the molecule is CC(C)n1ncnc1CN1CCC(CC(=O)O)CC1. The molecule has 6 heteroatoms. The molecule has 0 atom stereocenters. The third kappa shape index (κ3) is 3.76. The first-order chi connectivity index (χ1) is 9.06. The Labute approximate surface area is 113 Å². The van der Waals surface area contributed by atoms with E-state index in [-0.39, 0.29) is 0 Å². The summed E-state index contributed by atoms with van der Waals surface area (Å²) < 4.78 is 1.95. The van der Waals surface area contributed by atoms with E-state index in [1.807, 2.05) is 4.68 Å². The van der Waals surface area contributed by atoms with Gasteiger partial charge in [0.05, 0.1) is 6.54 Å². The lowest BCUT2D eigenvalue weighted by Gasteiger charge is -2.31. The molecule has 2 heterocycles. The third-order valence-corrected chi connectivity index (χ3v) is 3.67. The largest absolute Gasteiger partial charge is 0.481 e. The minimum atomic E-state index is -0.682. The van der Waals surface area contributed by atoms with Crippen LogP contribution < -0.4 is 0 Å². The van der Waals surface area contributed by atoms with Crippen LogP contribution in [0.5, 0.6) is 0 Å². The fraction of sp³-hybridized carbons (Fsp3) is 0.769. The van der Waals surface area contributed by atoms with Gasteiger partial charge in [0, 0.05) is 12.5 Å². The van der Waals surface area contributed by atoms with Gasteiger partial charge in [0.1, 0.15) is 12.2 Å².